The first-order chi connectivity index (χ1) is 9.02. The molecule has 0 amide bonds. The van der Waals surface area contributed by atoms with Gasteiger partial charge in [-0.25, -0.2) is 0 Å². The molecule has 0 saturated carbocycles. The van der Waals surface area contributed by atoms with E-state index < -0.39 is 12.1 Å². The van der Waals surface area contributed by atoms with Crippen molar-refractivity contribution in [1.29, 1.82) is 0 Å². The quantitative estimate of drug-likeness (QED) is 0.888. The maximum atomic E-state index is 9.40. The molecule has 0 spiro atoms. The summed E-state index contributed by atoms with van der Waals surface area (Å²) in [5, 5.41) is 13.8. The van der Waals surface area contributed by atoms with Crippen LogP contribution in [0.2, 0.25) is 5.02 Å². The first-order valence-corrected chi connectivity index (χ1v) is 6.02. The Morgan fingerprint density at radius 1 is 1.47 bits per heavy atom. The van der Waals surface area contributed by atoms with E-state index in [9.17, 15) is 5.11 Å². The van der Waals surface area contributed by atoms with Crippen molar-refractivity contribution >= 4 is 11.6 Å². The Morgan fingerprint density at radius 2 is 2.21 bits per heavy atom. The summed E-state index contributed by atoms with van der Waals surface area (Å²) in [5.41, 5.74) is 6.36. The first kappa shape index (κ1) is 13.8. The fraction of sp³-hybridized carbons (Fsp3) is 0.333. The molecule has 2 aromatic rings. The molecule has 1 heterocycles. The fourth-order valence-electron chi connectivity index (χ4n) is 1.54. The Hall–Kier alpha value is -1.63. The second kappa shape index (κ2) is 5.56. The maximum absolute atomic E-state index is 9.40. The lowest BCUT2D eigenvalue weighted by Crippen LogP contribution is -2.23. The molecule has 0 aliphatic carbocycles. The zero-order valence-corrected chi connectivity index (χ0v) is 11.3. The van der Waals surface area contributed by atoms with Crippen molar-refractivity contribution < 1.29 is 14.4 Å². The molecule has 0 unspecified atom stereocenters. The van der Waals surface area contributed by atoms with Gasteiger partial charge in [0.25, 0.3) is 0 Å². The SMILES string of the molecule is COc1cc(Cl)ccc1-c1noc([C@@H](N)[C@@H](C)O)n1. The van der Waals surface area contributed by atoms with Gasteiger partial charge in [0.15, 0.2) is 0 Å². The van der Waals surface area contributed by atoms with Gasteiger partial charge in [0, 0.05) is 5.02 Å². The average Bonchev–Trinajstić information content (AvgIpc) is 2.86. The van der Waals surface area contributed by atoms with Crippen molar-refractivity contribution in [2.45, 2.75) is 19.1 Å². The van der Waals surface area contributed by atoms with E-state index in [1.54, 1.807) is 25.1 Å². The highest BCUT2D eigenvalue weighted by Gasteiger charge is 2.21. The van der Waals surface area contributed by atoms with Crippen LogP contribution in [0.15, 0.2) is 22.7 Å². The molecule has 0 bridgehead atoms. The summed E-state index contributed by atoms with van der Waals surface area (Å²) in [4.78, 5) is 4.15. The highest BCUT2D eigenvalue weighted by atomic mass is 35.5. The van der Waals surface area contributed by atoms with Gasteiger partial charge in [-0.1, -0.05) is 16.8 Å². The van der Waals surface area contributed by atoms with Gasteiger partial charge in [0.2, 0.25) is 11.7 Å². The number of hydrogen-bond acceptors (Lipinski definition) is 6. The number of benzene rings is 1. The average molecular weight is 284 g/mol. The number of aliphatic hydroxyl groups excluding tert-OH is 1. The lowest BCUT2D eigenvalue weighted by Gasteiger charge is -2.08. The van der Waals surface area contributed by atoms with Crippen molar-refractivity contribution in [3.8, 4) is 17.1 Å². The summed E-state index contributed by atoms with van der Waals surface area (Å²) >= 11 is 5.88. The third kappa shape index (κ3) is 2.86. The second-order valence-corrected chi connectivity index (χ2v) is 4.50. The second-order valence-electron chi connectivity index (χ2n) is 4.07. The van der Waals surface area contributed by atoms with Crippen LogP contribution in [0.3, 0.4) is 0 Å². The number of halogens is 1. The third-order valence-electron chi connectivity index (χ3n) is 2.65. The van der Waals surface area contributed by atoms with Crippen LogP contribution in [0.25, 0.3) is 11.4 Å². The standard InChI is InChI=1S/C12H14ClN3O3/c1-6(17)10(14)12-15-11(16-19-12)8-4-3-7(13)5-9(8)18-2/h3-6,10,17H,14H2,1-2H3/t6-,10+/m1/s1. The minimum atomic E-state index is -0.777. The molecule has 1 aromatic heterocycles. The Bertz CT molecular complexity index is 571. The van der Waals surface area contributed by atoms with Crippen LogP contribution in [-0.2, 0) is 0 Å². The van der Waals surface area contributed by atoms with Crippen LogP contribution in [-0.4, -0.2) is 28.5 Å². The number of ether oxygens (including phenoxy) is 1. The van der Waals surface area contributed by atoms with Gasteiger partial charge in [-0.3, -0.25) is 0 Å². The molecule has 0 radical (unpaired) electrons. The Labute approximate surface area is 115 Å². The van der Waals surface area contributed by atoms with E-state index in [-0.39, 0.29) is 5.89 Å². The predicted molar refractivity (Wildman–Crippen MR) is 69.9 cm³/mol. The van der Waals surface area contributed by atoms with E-state index in [1.165, 1.54) is 7.11 Å². The van der Waals surface area contributed by atoms with Gasteiger partial charge in [0.1, 0.15) is 11.8 Å². The van der Waals surface area contributed by atoms with Gasteiger partial charge in [-0.05, 0) is 25.1 Å². The molecule has 6 nitrogen and oxygen atoms in total. The minimum Gasteiger partial charge on any atom is -0.496 e. The number of aliphatic hydroxyl groups is 1. The Morgan fingerprint density at radius 3 is 2.84 bits per heavy atom. The van der Waals surface area contributed by atoms with Gasteiger partial charge in [0.05, 0.1) is 18.8 Å². The van der Waals surface area contributed by atoms with Crippen molar-refractivity contribution in [3.63, 3.8) is 0 Å². The van der Waals surface area contributed by atoms with Gasteiger partial charge in [-0.2, -0.15) is 4.98 Å². The fourth-order valence-corrected chi connectivity index (χ4v) is 1.70. The number of hydrogen-bond donors (Lipinski definition) is 2. The van der Waals surface area contributed by atoms with Gasteiger partial charge < -0.3 is 20.1 Å². The smallest absolute Gasteiger partial charge is 0.246 e. The highest BCUT2D eigenvalue weighted by molar-refractivity contribution is 6.30. The normalized spacial score (nSPS) is 14.2. The zero-order valence-electron chi connectivity index (χ0n) is 10.5. The number of nitrogens with two attached hydrogens (primary N) is 1. The lowest BCUT2D eigenvalue weighted by atomic mass is 10.2. The number of nitrogens with zero attached hydrogens (tertiary/aromatic N) is 2. The molecule has 0 fully saturated rings. The van der Waals surface area contributed by atoms with Gasteiger partial charge >= 0.3 is 0 Å². The lowest BCUT2D eigenvalue weighted by molar-refractivity contribution is 0.146. The first-order valence-electron chi connectivity index (χ1n) is 5.64. The van der Waals surface area contributed by atoms with Crippen molar-refractivity contribution in [2.75, 3.05) is 7.11 Å². The summed E-state index contributed by atoms with van der Waals surface area (Å²) in [5.74, 6) is 1.03. The van der Waals surface area contributed by atoms with Crippen LogP contribution in [0.1, 0.15) is 18.9 Å². The van der Waals surface area contributed by atoms with E-state index in [4.69, 9.17) is 26.6 Å². The van der Waals surface area contributed by atoms with E-state index in [0.29, 0.717) is 22.2 Å². The van der Waals surface area contributed by atoms with E-state index in [2.05, 4.69) is 10.1 Å². The monoisotopic (exact) mass is 283 g/mol. The van der Waals surface area contributed by atoms with Crippen LogP contribution in [0.4, 0.5) is 0 Å². The van der Waals surface area contributed by atoms with Crippen LogP contribution in [0.5, 0.6) is 5.75 Å². The Kier molecular flexibility index (Phi) is 4.04. The molecule has 2 rings (SSSR count). The molecular weight excluding hydrogens is 270 g/mol. The van der Waals surface area contributed by atoms with E-state index >= 15 is 0 Å². The van der Waals surface area contributed by atoms with Gasteiger partial charge in [-0.15, -0.1) is 0 Å². The maximum Gasteiger partial charge on any atom is 0.246 e. The molecule has 0 aliphatic rings. The number of methoxy groups -OCH3 is 1. The number of aromatic nitrogens is 2. The zero-order chi connectivity index (χ0) is 14.0. The summed E-state index contributed by atoms with van der Waals surface area (Å²) in [6.45, 7) is 1.55. The molecule has 102 valence electrons. The third-order valence-corrected chi connectivity index (χ3v) is 2.89. The summed E-state index contributed by atoms with van der Waals surface area (Å²) < 4.78 is 10.2. The molecule has 7 heteroatoms. The highest BCUT2D eigenvalue weighted by Crippen LogP contribution is 2.31. The topological polar surface area (TPSA) is 94.4 Å². The van der Waals surface area contributed by atoms with Crippen LogP contribution in [0, 0.1) is 0 Å². The number of rotatable bonds is 4. The summed E-state index contributed by atoms with van der Waals surface area (Å²) in [6, 6.07) is 4.36. The molecule has 19 heavy (non-hydrogen) atoms. The molecule has 1 aromatic carbocycles. The molecule has 0 saturated heterocycles. The molecular formula is C12H14ClN3O3. The summed E-state index contributed by atoms with van der Waals surface area (Å²) in [7, 11) is 1.53. The largest absolute Gasteiger partial charge is 0.496 e. The predicted octanol–water partition coefficient (Wildman–Crippen LogP) is 1.78. The van der Waals surface area contributed by atoms with Crippen LogP contribution >= 0.6 is 11.6 Å². The van der Waals surface area contributed by atoms with E-state index in [1.807, 2.05) is 0 Å². The van der Waals surface area contributed by atoms with Crippen molar-refractivity contribution in [1.82, 2.24) is 10.1 Å². The Balaban J connectivity index is 2.38. The molecule has 3 N–H and O–H groups in total. The minimum absolute atomic E-state index is 0.169. The summed E-state index contributed by atoms with van der Waals surface area (Å²) in [6.07, 6.45) is -0.777. The van der Waals surface area contributed by atoms with E-state index in [0.717, 1.165) is 0 Å². The van der Waals surface area contributed by atoms with Crippen LogP contribution < -0.4 is 10.5 Å². The molecule has 2 atom stereocenters. The van der Waals surface area contributed by atoms with Crippen molar-refractivity contribution in [3.05, 3.63) is 29.1 Å². The molecule has 0 aliphatic heterocycles. The van der Waals surface area contributed by atoms with Crippen molar-refractivity contribution in [2.24, 2.45) is 5.73 Å².